The van der Waals surface area contributed by atoms with Gasteiger partial charge < -0.3 is 5.11 Å². The Hall–Kier alpha value is -1.10. The van der Waals surface area contributed by atoms with Crippen molar-refractivity contribution in [3.63, 3.8) is 0 Å². The van der Waals surface area contributed by atoms with Gasteiger partial charge in [0.1, 0.15) is 0 Å². The number of nitrogens with zero attached hydrogens (tertiary/aromatic N) is 1. The second-order valence-electron chi connectivity index (χ2n) is 3.54. The lowest BCUT2D eigenvalue weighted by molar-refractivity contribution is 0.366. The highest BCUT2D eigenvalue weighted by Gasteiger charge is 2.13. The van der Waals surface area contributed by atoms with Gasteiger partial charge in [-0.3, -0.25) is 14.3 Å². The Morgan fingerprint density at radius 2 is 2.13 bits per heavy atom. The maximum atomic E-state index is 11.5. The van der Waals surface area contributed by atoms with Gasteiger partial charge in [-0.2, -0.15) is 0 Å². The van der Waals surface area contributed by atoms with Gasteiger partial charge in [0.25, 0.3) is 5.56 Å². The van der Waals surface area contributed by atoms with Crippen LogP contribution in [0.4, 0.5) is 0 Å². The summed E-state index contributed by atoms with van der Waals surface area (Å²) >= 11 is 5.02. The number of aromatic amines is 1. The lowest BCUT2D eigenvalue weighted by Gasteiger charge is -2.17. The average molecular weight is 228 g/mol. The minimum absolute atomic E-state index is 0.000556. The molecule has 1 rings (SSSR count). The van der Waals surface area contributed by atoms with Crippen molar-refractivity contribution in [2.24, 2.45) is 0 Å². The molecule has 0 unspecified atom stereocenters. The molecule has 84 valence electrons. The molecule has 0 aliphatic heterocycles. The molecule has 0 saturated heterocycles. The highest BCUT2D eigenvalue weighted by Crippen LogP contribution is 2.20. The lowest BCUT2D eigenvalue weighted by Crippen LogP contribution is -2.20. The minimum atomic E-state index is -0.292. The van der Waals surface area contributed by atoms with Crippen LogP contribution in [-0.2, 0) is 6.42 Å². The van der Waals surface area contributed by atoms with E-state index < -0.39 is 0 Å². The van der Waals surface area contributed by atoms with Crippen LogP contribution in [0.5, 0.6) is 5.88 Å². The van der Waals surface area contributed by atoms with Gasteiger partial charge in [-0.1, -0.05) is 13.8 Å². The van der Waals surface area contributed by atoms with E-state index >= 15 is 0 Å². The van der Waals surface area contributed by atoms with Crippen LogP contribution >= 0.6 is 12.2 Å². The summed E-state index contributed by atoms with van der Waals surface area (Å²) in [5, 5.41) is 9.93. The van der Waals surface area contributed by atoms with Crippen molar-refractivity contribution in [1.82, 2.24) is 9.55 Å². The Bertz CT molecular complexity index is 461. The maximum absolute atomic E-state index is 11.5. The Labute approximate surface area is 93.6 Å². The molecule has 0 aromatic carbocycles. The third-order valence-electron chi connectivity index (χ3n) is 2.60. The first kappa shape index (κ1) is 12.0. The van der Waals surface area contributed by atoms with E-state index in [1.165, 1.54) is 0 Å². The number of aromatic nitrogens is 2. The van der Waals surface area contributed by atoms with Crippen molar-refractivity contribution in [2.45, 2.75) is 39.7 Å². The van der Waals surface area contributed by atoms with Crippen molar-refractivity contribution in [3.05, 3.63) is 20.7 Å². The van der Waals surface area contributed by atoms with Gasteiger partial charge in [-0.15, -0.1) is 0 Å². The Balaban J connectivity index is 3.53. The summed E-state index contributed by atoms with van der Waals surface area (Å²) in [6, 6.07) is 0.0830. The van der Waals surface area contributed by atoms with Crippen LogP contribution in [-0.4, -0.2) is 14.7 Å². The second kappa shape index (κ2) is 4.61. The minimum Gasteiger partial charge on any atom is -0.494 e. The number of aromatic hydroxyl groups is 1. The third kappa shape index (κ3) is 2.12. The van der Waals surface area contributed by atoms with E-state index in [0.29, 0.717) is 12.0 Å². The molecule has 15 heavy (non-hydrogen) atoms. The van der Waals surface area contributed by atoms with E-state index in [-0.39, 0.29) is 22.3 Å². The first-order valence-corrected chi connectivity index (χ1v) is 5.50. The number of hydrogen-bond acceptors (Lipinski definition) is 3. The van der Waals surface area contributed by atoms with Crippen LogP contribution in [0.1, 0.15) is 38.8 Å². The first-order valence-electron chi connectivity index (χ1n) is 5.09. The summed E-state index contributed by atoms with van der Waals surface area (Å²) in [4.78, 5) is 14.0. The molecule has 1 aromatic rings. The predicted molar refractivity (Wildman–Crippen MR) is 61.9 cm³/mol. The quantitative estimate of drug-likeness (QED) is 0.779. The van der Waals surface area contributed by atoms with Gasteiger partial charge in [0.05, 0.1) is 5.56 Å². The fourth-order valence-electron chi connectivity index (χ4n) is 1.49. The van der Waals surface area contributed by atoms with Crippen LogP contribution in [0.2, 0.25) is 0 Å². The SMILES string of the molecule is CCc1c(O)n([C@@H](C)CC)c(=S)[nH]c1=O. The third-order valence-corrected chi connectivity index (χ3v) is 2.90. The van der Waals surface area contributed by atoms with Crippen molar-refractivity contribution < 1.29 is 5.11 Å². The molecule has 0 radical (unpaired) electrons. The molecule has 0 spiro atoms. The van der Waals surface area contributed by atoms with E-state index in [9.17, 15) is 9.90 Å². The van der Waals surface area contributed by atoms with E-state index in [1.807, 2.05) is 20.8 Å². The molecule has 0 aliphatic rings. The van der Waals surface area contributed by atoms with E-state index in [1.54, 1.807) is 4.57 Å². The molecular formula is C10H16N2O2S. The molecule has 1 atom stereocenters. The van der Waals surface area contributed by atoms with Gasteiger partial charge in [-0.05, 0) is 32.0 Å². The fourth-order valence-corrected chi connectivity index (χ4v) is 1.85. The molecule has 2 N–H and O–H groups in total. The standard InChI is InChI=1S/C10H16N2O2S/c1-4-6(3)12-9(14)7(5-2)8(13)11-10(12)15/h6,14H,4-5H2,1-3H3,(H,11,13,15)/t6-/m0/s1. The Kier molecular flexibility index (Phi) is 3.68. The molecule has 1 heterocycles. The smallest absolute Gasteiger partial charge is 0.258 e. The number of rotatable bonds is 3. The van der Waals surface area contributed by atoms with Gasteiger partial charge in [0, 0.05) is 6.04 Å². The van der Waals surface area contributed by atoms with Gasteiger partial charge >= 0.3 is 0 Å². The van der Waals surface area contributed by atoms with Crippen LogP contribution in [0.25, 0.3) is 0 Å². The summed E-state index contributed by atoms with van der Waals surface area (Å²) in [5.74, 6) is 0.000556. The number of hydrogen-bond donors (Lipinski definition) is 2. The largest absolute Gasteiger partial charge is 0.494 e. The number of H-pyrrole nitrogens is 1. The van der Waals surface area contributed by atoms with Crippen LogP contribution in [0, 0.1) is 4.77 Å². The molecule has 0 bridgehead atoms. The molecular weight excluding hydrogens is 212 g/mol. The summed E-state index contributed by atoms with van der Waals surface area (Å²) in [6.45, 7) is 5.78. The highest BCUT2D eigenvalue weighted by atomic mass is 32.1. The normalized spacial score (nSPS) is 12.7. The van der Waals surface area contributed by atoms with Crippen molar-refractivity contribution >= 4 is 12.2 Å². The molecule has 0 fully saturated rings. The topological polar surface area (TPSA) is 58.0 Å². The summed E-state index contributed by atoms with van der Waals surface area (Å²) < 4.78 is 1.87. The Morgan fingerprint density at radius 3 is 2.60 bits per heavy atom. The summed E-state index contributed by atoms with van der Waals surface area (Å²) in [6.07, 6.45) is 1.34. The summed E-state index contributed by atoms with van der Waals surface area (Å²) in [5.41, 5.74) is 0.100. The Morgan fingerprint density at radius 1 is 1.53 bits per heavy atom. The van der Waals surface area contributed by atoms with Crippen LogP contribution in [0.3, 0.4) is 0 Å². The summed E-state index contributed by atoms with van der Waals surface area (Å²) in [7, 11) is 0. The van der Waals surface area contributed by atoms with Gasteiger partial charge in [0.2, 0.25) is 5.88 Å². The van der Waals surface area contributed by atoms with Gasteiger partial charge in [-0.25, -0.2) is 0 Å². The molecule has 0 aliphatic carbocycles. The van der Waals surface area contributed by atoms with E-state index in [0.717, 1.165) is 6.42 Å². The molecule has 4 nitrogen and oxygen atoms in total. The lowest BCUT2D eigenvalue weighted by atomic mass is 10.2. The second-order valence-corrected chi connectivity index (χ2v) is 3.93. The predicted octanol–water partition coefficient (Wildman–Crippen LogP) is 2.14. The molecule has 5 heteroatoms. The van der Waals surface area contributed by atoms with Crippen LogP contribution < -0.4 is 5.56 Å². The first-order chi connectivity index (χ1) is 7.02. The zero-order valence-electron chi connectivity index (χ0n) is 9.20. The molecule has 0 saturated carbocycles. The molecule has 1 aromatic heterocycles. The van der Waals surface area contributed by atoms with Crippen molar-refractivity contribution in [2.75, 3.05) is 0 Å². The van der Waals surface area contributed by atoms with E-state index in [2.05, 4.69) is 4.98 Å². The van der Waals surface area contributed by atoms with Crippen molar-refractivity contribution in [1.29, 1.82) is 0 Å². The highest BCUT2D eigenvalue weighted by molar-refractivity contribution is 7.71. The molecule has 0 amide bonds. The number of nitrogens with one attached hydrogen (secondary N) is 1. The zero-order valence-corrected chi connectivity index (χ0v) is 10.0. The zero-order chi connectivity index (χ0) is 11.6. The van der Waals surface area contributed by atoms with Gasteiger partial charge in [0.15, 0.2) is 4.77 Å². The fraction of sp³-hybridized carbons (Fsp3) is 0.600. The van der Waals surface area contributed by atoms with E-state index in [4.69, 9.17) is 12.2 Å². The van der Waals surface area contributed by atoms with Crippen molar-refractivity contribution in [3.8, 4) is 5.88 Å². The average Bonchev–Trinajstić information content (AvgIpc) is 2.17. The van der Waals surface area contributed by atoms with Crippen LogP contribution in [0.15, 0.2) is 4.79 Å². The maximum Gasteiger partial charge on any atom is 0.258 e. The monoisotopic (exact) mass is 228 g/mol.